The van der Waals surface area contributed by atoms with Crippen molar-refractivity contribution in [3.8, 4) is 0 Å². The molecule has 0 radical (unpaired) electrons. The Bertz CT molecular complexity index is 1120. The molecule has 4 aliphatic rings. The Morgan fingerprint density at radius 1 is 0.821 bits per heavy atom. The molecule has 0 bridgehead atoms. The maximum atomic E-state index is 11.9. The number of fused-ring (bicyclic) bond motifs is 5. The van der Waals surface area contributed by atoms with Crippen molar-refractivity contribution in [3.05, 3.63) is 12.2 Å². The lowest BCUT2D eigenvalue weighted by Crippen LogP contribution is -2.59. The highest BCUT2D eigenvalue weighted by Gasteiger charge is 2.63. The topological polar surface area (TPSA) is 127 Å². The Balaban J connectivity index is 1.60. The number of allylic oxidation sites excluding steroid dienone is 2. The molecule has 0 spiro atoms. The van der Waals surface area contributed by atoms with Crippen LogP contribution in [0.3, 0.4) is 0 Å². The summed E-state index contributed by atoms with van der Waals surface area (Å²) in [6.45, 7) is 13.8. The van der Waals surface area contributed by atoms with Crippen molar-refractivity contribution >= 4 is 20.8 Å². The molecule has 0 aromatic rings. The van der Waals surface area contributed by atoms with Gasteiger partial charge in [-0.05, 0) is 116 Å². The van der Waals surface area contributed by atoms with Crippen LogP contribution in [0.4, 0.5) is 0 Å². The quantitative estimate of drug-likeness (QED) is 0.230. The van der Waals surface area contributed by atoms with Crippen molar-refractivity contribution in [1.82, 2.24) is 0 Å². The Kier molecular flexibility index (Phi) is 9.09. The molecule has 4 rings (SSSR count). The van der Waals surface area contributed by atoms with E-state index in [2.05, 4.69) is 53.7 Å². The fourth-order valence-corrected chi connectivity index (χ4v) is 11.0. The number of hydrogen-bond acceptors (Lipinski definition) is 6. The molecule has 11 atom stereocenters. The Morgan fingerprint density at radius 2 is 1.44 bits per heavy atom. The van der Waals surface area contributed by atoms with Crippen LogP contribution < -0.4 is 0 Å². The fraction of sp³-hybridized carbons (Fsp3) is 0.931. The second-order valence-corrected chi connectivity index (χ2v) is 16.1. The van der Waals surface area contributed by atoms with Crippen LogP contribution >= 0.6 is 0 Å². The highest BCUT2D eigenvalue weighted by atomic mass is 32.3. The van der Waals surface area contributed by atoms with Crippen molar-refractivity contribution < 1.29 is 34.3 Å². The van der Waals surface area contributed by atoms with Gasteiger partial charge in [0.2, 0.25) is 0 Å². The molecule has 2 N–H and O–H groups in total. The normalized spacial score (nSPS) is 42.6. The molecule has 0 aromatic carbocycles. The van der Waals surface area contributed by atoms with Gasteiger partial charge in [-0.15, -0.1) is 0 Å². The van der Waals surface area contributed by atoms with Gasteiger partial charge < -0.3 is 0 Å². The lowest BCUT2D eigenvalue weighted by molar-refractivity contribution is -0.163. The van der Waals surface area contributed by atoms with E-state index in [4.69, 9.17) is 8.37 Å². The lowest BCUT2D eigenvalue weighted by Gasteiger charge is -2.62. The molecule has 4 fully saturated rings. The zero-order valence-electron chi connectivity index (χ0n) is 24.5. The molecular weight excluding hydrogens is 540 g/mol. The molecule has 0 aromatic heterocycles. The van der Waals surface area contributed by atoms with Crippen LogP contribution in [0.1, 0.15) is 99.3 Å². The van der Waals surface area contributed by atoms with Gasteiger partial charge in [-0.3, -0.25) is 9.11 Å². The van der Waals surface area contributed by atoms with Gasteiger partial charge in [0.25, 0.3) is 0 Å². The highest BCUT2D eigenvalue weighted by Crippen LogP contribution is 2.68. The van der Waals surface area contributed by atoms with Gasteiger partial charge in [0.15, 0.2) is 0 Å². The van der Waals surface area contributed by atoms with Crippen LogP contribution in [0.5, 0.6) is 0 Å². The van der Waals surface area contributed by atoms with Gasteiger partial charge in [0, 0.05) is 0 Å². The van der Waals surface area contributed by atoms with Crippen LogP contribution in [0.15, 0.2) is 12.2 Å². The van der Waals surface area contributed by atoms with Crippen LogP contribution in [-0.4, -0.2) is 38.1 Å². The Hall–Kier alpha value is -0.520. The van der Waals surface area contributed by atoms with Crippen molar-refractivity contribution in [2.24, 2.45) is 58.2 Å². The van der Waals surface area contributed by atoms with Crippen molar-refractivity contribution in [1.29, 1.82) is 0 Å². The minimum absolute atomic E-state index is 0.154. The number of rotatable bonds is 9. The molecule has 39 heavy (non-hydrogen) atoms. The molecule has 0 saturated heterocycles. The minimum atomic E-state index is -4.70. The largest absolute Gasteiger partial charge is 0.397 e. The standard InChI is InChI=1S/C29H50O8S2/c1-7-20(18(2)3)9-8-19(4)23-10-11-24-22-17-27(37-39(33,34)35)26-16-21(36-38(30,31)32)12-14-29(26,6)25(22)13-15-28(23,24)5/h8-9,18-27H,7,10-17H2,1-6H3,(H,30,31,32)(H,33,34,35)/t19-,20?,21+,22+,23-,24+,25+,26?,27-,28-,29-/m1/s1. The van der Waals surface area contributed by atoms with E-state index in [1.807, 2.05) is 0 Å². The Labute approximate surface area is 236 Å². The summed E-state index contributed by atoms with van der Waals surface area (Å²) in [6, 6.07) is 0. The third-order valence-electron chi connectivity index (χ3n) is 11.8. The van der Waals surface area contributed by atoms with Crippen molar-refractivity contribution in [3.63, 3.8) is 0 Å². The summed E-state index contributed by atoms with van der Waals surface area (Å²) in [5.74, 6) is 3.02. The second kappa shape index (κ2) is 11.3. The fourth-order valence-electron chi connectivity index (χ4n) is 9.94. The third kappa shape index (κ3) is 6.46. The first-order chi connectivity index (χ1) is 18.0. The van der Waals surface area contributed by atoms with E-state index in [0.717, 1.165) is 32.1 Å². The lowest BCUT2D eigenvalue weighted by atomic mass is 9.44. The van der Waals surface area contributed by atoms with Gasteiger partial charge in [-0.25, -0.2) is 8.37 Å². The summed E-state index contributed by atoms with van der Waals surface area (Å²) in [7, 11) is -9.32. The molecule has 10 heteroatoms. The summed E-state index contributed by atoms with van der Waals surface area (Å²) < 4.78 is 75.9. The van der Waals surface area contributed by atoms with E-state index in [-0.39, 0.29) is 29.1 Å². The zero-order chi connectivity index (χ0) is 29.0. The van der Waals surface area contributed by atoms with Crippen molar-refractivity contribution in [2.45, 2.75) is 112 Å². The SMILES string of the molecule is CCC(C=C[C@@H](C)[C@H]1CC[C@H]2[C@@H]3C[C@@H](OS(=O)(=O)O)C4C[C@@H](OS(=O)(=O)O)CC[C@]4(C)[C@H]3CC[C@]12C)C(C)C. The first-order valence-corrected chi connectivity index (χ1v) is 17.7. The van der Waals surface area contributed by atoms with Gasteiger partial charge >= 0.3 is 20.8 Å². The van der Waals surface area contributed by atoms with E-state index < -0.39 is 33.0 Å². The van der Waals surface area contributed by atoms with Crippen molar-refractivity contribution in [2.75, 3.05) is 0 Å². The summed E-state index contributed by atoms with van der Waals surface area (Å²) in [6.07, 6.45) is 10.9. The van der Waals surface area contributed by atoms with Gasteiger partial charge in [0.1, 0.15) is 0 Å². The average molecular weight is 591 g/mol. The Morgan fingerprint density at radius 3 is 2.03 bits per heavy atom. The van der Waals surface area contributed by atoms with Gasteiger partial charge in [-0.2, -0.15) is 16.8 Å². The molecule has 0 heterocycles. The molecule has 0 aliphatic heterocycles. The van der Waals surface area contributed by atoms with E-state index in [9.17, 15) is 25.9 Å². The van der Waals surface area contributed by atoms with E-state index in [1.54, 1.807) is 0 Å². The third-order valence-corrected chi connectivity index (χ3v) is 12.8. The zero-order valence-corrected chi connectivity index (χ0v) is 26.1. The van der Waals surface area contributed by atoms with Crippen LogP contribution in [-0.2, 0) is 29.2 Å². The van der Waals surface area contributed by atoms with Crippen LogP contribution in [0.2, 0.25) is 0 Å². The second-order valence-electron chi connectivity index (χ2n) is 14.0. The summed E-state index contributed by atoms with van der Waals surface area (Å²) in [5, 5.41) is 0. The summed E-state index contributed by atoms with van der Waals surface area (Å²) in [5.41, 5.74) is -0.116. The molecule has 0 amide bonds. The predicted octanol–water partition coefficient (Wildman–Crippen LogP) is 6.51. The minimum Gasteiger partial charge on any atom is -0.264 e. The summed E-state index contributed by atoms with van der Waals surface area (Å²) in [4.78, 5) is 0. The number of hydrogen-bond donors (Lipinski definition) is 2. The maximum absolute atomic E-state index is 11.9. The van der Waals surface area contributed by atoms with E-state index in [0.29, 0.717) is 54.8 Å². The van der Waals surface area contributed by atoms with E-state index >= 15 is 0 Å². The molecule has 226 valence electrons. The monoisotopic (exact) mass is 590 g/mol. The molecule has 2 unspecified atom stereocenters. The predicted molar refractivity (Wildman–Crippen MR) is 150 cm³/mol. The maximum Gasteiger partial charge on any atom is 0.397 e. The van der Waals surface area contributed by atoms with Crippen LogP contribution in [0.25, 0.3) is 0 Å². The van der Waals surface area contributed by atoms with Crippen LogP contribution in [0, 0.1) is 58.2 Å². The first kappa shape index (κ1) is 31.4. The van der Waals surface area contributed by atoms with E-state index in [1.165, 1.54) is 0 Å². The smallest absolute Gasteiger partial charge is 0.264 e. The first-order valence-electron chi connectivity index (χ1n) is 15.0. The van der Waals surface area contributed by atoms with Gasteiger partial charge in [-0.1, -0.05) is 53.7 Å². The highest BCUT2D eigenvalue weighted by molar-refractivity contribution is 7.81. The molecular formula is C29H50O8S2. The average Bonchev–Trinajstić information content (AvgIpc) is 3.15. The molecule has 4 saturated carbocycles. The summed E-state index contributed by atoms with van der Waals surface area (Å²) >= 11 is 0. The molecule has 8 nitrogen and oxygen atoms in total. The van der Waals surface area contributed by atoms with Gasteiger partial charge in [0.05, 0.1) is 12.2 Å². The molecule has 4 aliphatic carbocycles.